The van der Waals surface area contributed by atoms with E-state index >= 15 is 0 Å². The third kappa shape index (κ3) is 2.12. The Bertz CT molecular complexity index is 869. The van der Waals surface area contributed by atoms with Crippen molar-refractivity contribution < 1.29 is 14.4 Å². The molecule has 2 aromatic rings. The van der Waals surface area contributed by atoms with Gasteiger partial charge in [0.05, 0.1) is 17.2 Å². The topological polar surface area (TPSA) is 57.7 Å². The van der Waals surface area contributed by atoms with Gasteiger partial charge in [0.2, 0.25) is 0 Å². The summed E-state index contributed by atoms with van der Waals surface area (Å²) in [4.78, 5) is 40.9. The first-order chi connectivity index (χ1) is 12.1. The summed E-state index contributed by atoms with van der Waals surface area (Å²) in [5, 5.41) is 0. The van der Waals surface area contributed by atoms with Gasteiger partial charge in [0.15, 0.2) is 0 Å². The van der Waals surface area contributed by atoms with Gasteiger partial charge in [-0.1, -0.05) is 48.5 Å². The fourth-order valence-corrected chi connectivity index (χ4v) is 3.53. The quantitative estimate of drug-likeness (QED) is 0.641. The zero-order valence-corrected chi connectivity index (χ0v) is 13.6. The highest BCUT2D eigenvalue weighted by Crippen LogP contribution is 2.41. The Morgan fingerprint density at radius 1 is 0.800 bits per heavy atom. The zero-order chi connectivity index (χ0) is 17.6. The highest BCUT2D eigenvalue weighted by atomic mass is 16.2. The molecule has 2 atom stereocenters. The van der Waals surface area contributed by atoms with Crippen LogP contribution in [0.5, 0.6) is 0 Å². The molecule has 0 spiro atoms. The number of amides is 3. The summed E-state index contributed by atoms with van der Waals surface area (Å²) in [5.74, 6) is -1.05. The molecule has 5 heteroatoms. The minimum atomic E-state index is -0.814. The molecule has 0 radical (unpaired) electrons. The average Bonchev–Trinajstić information content (AvgIpc) is 2.89. The monoisotopic (exact) mass is 332 g/mol. The average molecular weight is 332 g/mol. The van der Waals surface area contributed by atoms with Gasteiger partial charge in [-0.05, 0) is 24.6 Å². The van der Waals surface area contributed by atoms with Gasteiger partial charge < -0.3 is 4.90 Å². The van der Waals surface area contributed by atoms with Crippen molar-refractivity contribution in [3.05, 3.63) is 83.6 Å². The Balaban J connectivity index is 1.76. The summed E-state index contributed by atoms with van der Waals surface area (Å²) in [5.41, 5.74) is 1.61. The first kappa shape index (κ1) is 15.3. The van der Waals surface area contributed by atoms with Crippen molar-refractivity contribution in [1.29, 1.82) is 0 Å². The molecule has 124 valence electrons. The van der Waals surface area contributed by atoms with Crippen molar-refractivity contribution in [2.45, 2.75) is 19.0 Å². The van der Waals surface area contributed by atoms with Crippen molar-refractivity contribution in [1.82, 2.24) is 9.80 Å². The maximum absolute atomic E-state index is 12.7. The second-order valence-electron chi connectivity index (χ2n) is 6.05. The van der Waals surface area contributed by atoms with Crippen LogP contribution in [0.4, 0.5) is 0 Å². The maximum Gasteiger partial charge on any atom is 0.262 e. The summed E-state index contributed by atoms with van der Waals surface area (Å²) in [6.45, 7) is 1.82. The lowest BCUT2D eigenvalue weighted by Gasteiger charge is -2.48. The molecule has 2 aliphatic heterocycles. The smallest absolute Gasteiger partial charge is 0.262 e. The summed E-state index contributed by atoms with van der Waals surface area (Å²) >= 11 is 0. The van der Waals surface area contributed by atoms with Gasteiger partial charge in [-0.3, -0.25) is 19.3 Å². The molecule has 0 saturated carbocycles. The van der Waals surface area contributed by atoms with E-state index in [0.29, 0.717) is 11.1 Å². The molecule has 0 unspecified atom stereocenters. The van der Waals surface area contributed by atoms with Crippen LogP contribution in [0, 0.1) is 0 Å². The van der Waals surface area contributed by atoms with E-state index in [0.717, 1.165) is 10.5 Å². The molecule has 25 heavy (non-hydrogen) atoms. The third-order valence-electron chi connectivity index (χ3n) is 4.66. The standard InChI is InChI=1S/C20H16N2O3/c1-2-12-21-16(13-8-4-3-5-9-13)17(20(21)25)22-18(23)14-10-6-7-11-15(14)19(22)24/h2-12,16-17H,1H3/b12-2-/t16-,17+/m1/s1. The van der Waals surface area contributed by atoms with Gasteiger partial charge in [-0.2, -0.15) is 0 Å². The van der Waals surface area contributed by atoms with Gasteiger partial charge in [0, 0.05) is 6.20 Å². The first-order valence-corrected chi connectivity index (χ1v) is 8.12. The van der Waals surface area contributed by atoms with Crippen LogP contribution in [0.25, 0.3) is 0 Å². The van der Waals surface area contributed by atoms with Gasteiger partial charge in [0.1, 0.15) is 6.04 Å². The SMILES string of the molecule is C/C=C\N1C(=O)[C@@H](N2C(=O)c3ccccc3C2=O)[C@H]1c1ccccc1. The van der Waals surface area contributed by atoms with Gasteiger partial charge in [-0.15, -0.1) is 0 Å². The van der Waals surface area contributed by atoms with Gasteiger partial charge >= 0.3 is 0 Å². The van der Waals surface area contributed by atoms with Crippen molar-refractivity contribution in [3.8, 4) is 0 Å². The van der Waals surface area contributed by atoms with E-state index in [9.17, 15) is 14.4 Å². The molecule has 5 nitrogen and oxygen atoms in total. The van der Waals surface area contributed by atoms with Crippen LogP contribution >= 0.6 is 0 Å². The predicted molar refractivity (Wildman–Crippen MR) is 91.6 cm³/mol. The fraction of sp³-hybridized carbons (Fsp3) is 0.150. The Morgan fingerprint density at radius 3 is 1.92 bits per heavy atom. The van der Waals surface area contributed by atoms with Crippen molar-refractivity contribution in [2.24, 2.45) is 0 Å². The Labute approximate surface area is 145 Å². The second-order valence-corrected chi connectivity index (χ2v) is 6.05. The Kier molecular flexibility index (Phi) is 3.50. The number of nitrogens with zero attached hydrogens (tertiary/aromatic N) is 2. The van der Waals surface area contributed by atoms with Crippen molar-refractivity contribution in [2.75, 3.05) is 0 Å². The number of imide groups is 1. The number of allylic oxidation sites excluding steroid dienone is 1. The molecule has 1 saturated heterocycles. The highest BCUT2D eigenvalue weighted by Gasteiger charge is 2.56. The molecule has 0 aliphatic carbocycles. The van der Waals surface area contributed by atoms with Crippen LogP contribution in [0.2, 0.25) is 0 Å². The molecule has 0 N–H and O–H groups in total. The van der Waals surface area contributed by atoms with Crippen LogP contribution in [-0.4, -0.2) is 33.6 Å². The van der Waals surface area contributed by atoms with Crippen molar-refractivity contribution in [3.63, 3.8) is 0 Å². The summed E-state index contributed by atoms with van der Waals surface area (Å²) in [7, 11) is 0. The number of carbonyl (C=O) groups excluding carboxylic acids is 3. The number of fused-ring (bicyclic) bond motifs is 1. The van der Waals surface area contributed by atoms with Crippen molar-refractivity contribution >= 4 is 17.7 Å². The molecule has 1 fully saturated rings. The summed E-state index contributed by atoms with van der Waals surface area (Å²) in [6.07, 6.45) is 3.46. The molecule has 2 aromatic carbocycles. The number of carbonyl (C=O) groups is 3. The first-order valence-electron chi connectivity index (χ1n) is 8.12. The lowest BCUT2D eigenvalue weighted by molar-refractivity contribution is -0.150. The Hall–Kier alpha value is -3.21. The van der Waals surface area contributed by atoms with E-state index in [4.69, 9.17) is 0 Å². The third-order valence-corrected chi connectivity index (χ3v) is 4.66. The predicted octanol–water partition coefficient (Wildman–Crippen LogP) is 2.77. The molecule has 2 aliphatic rings. The van der Waals surface area contributed by atoms with Gasteiger partial charge in [0.25, 0.3) is 17.7 Å². The van der Waals surface area contributed by atoms with E-state index < -0.39 is 17.9 Å². The largest absolute Gasteiger partial charge is 0.307 e. The second kappa shape index (κ2) is 5.70. The molecule has 0 aromatic heterocycles. The lowest BCUT2D eigenvalue weighted by atomic mass is 9.87. The summed E-state index contributed by atoms with van der Waals surface area (Å²) in [6, 6.07) is 15.0. The number of benzene rings is 2. The summed E-state index contributed by atoms with van der Waals surface area (Å²) < 4.78 is 0. The molecular formula is C20H16N2O3. The van der Waals surface area contributed by atoms with E-state index in [-0.39, 0.29) is 11.9 Å². The molecule has 0 bridgehead atoms. The molecule has 4 rings (SSSR count). The number of β-lactam (4-membered cyclic amide) rings is 1. The van der Waals surface area contributed by atoms with Crippen LogP contribution in [0.1, 0.15) is 39.2 Å². The van der Waals surface area contributed by atoms with Crippen LogP contribution in [-0.2, 0) is 4.79 Å². The minimum absolute atomic E-state index is 0.249. The number of hydrogen-bond donors (Lipinski definition) is 0. The lowest BCUT2D eigenvalue weighted by Crippen LogP contribution is -2.64. The number of hydrogen-bond acceptors (Lipinski definition) is 3. The van der Waals surface area contributed by atoms with Crippen LogP contribution in [0.3, 0.4) is 0 Å². The van der Waals surface area contributed by atoms with Crippen LogP contribution in [0.15, 0.2) is 66.9 Å². The molecule has 3 amide bonds. The van der Waals surface area contributed by atoms with E-state index in [2.05, 4.69) is 0 Å². The number of rotatable bonds is 3. The normalized spacial score (nSPS) is 22.5. The highest BCUT2D eigenvalue weighted by molar-refractivity contribution is 6.23. The zero-order valence-electron chi connectivity index (χ0n) is 13.6. The van der Waals surface area contributed by atoms with Gasteiger partial charge in [-0.25, -0.2) is 0 Å². The van der Waals surface area contributed by atoms with E-state index in [1.54, 1.807) is 41.4 Å². The van der Waals surface area contributed by atoms with E-state index in [1.807, 2.05) is 37.3 Å². The number of likely N-dealkylation sites (tertiary alicyclic amines) is 1. The molecular weight excluding hydrogens is 316 g/mol. The maximum atomic E-state index is 12.7. The molecule has 2 heterocycles. The van der Waals surface area contributed by atoms with Crippen LogP contribution < -0.4 is 0 Å². The van der Waals surface area contributed by atoms with E-state index in [1.165, 1.54) is 0 Å². The Morgan fingerprint density at radius 2 is 1.36 bits per heavy atom. The minimum Gasteiger partial charge on any atom is -0.307 e. The fourth-order valence-electron chi connectivity index (χ4n) is 3.53.